The first-order valence-electron chi connectivity index (χ1n) is 10.3. The number of para-hydroxylation sites is 1. The van der Waals surface area contributed by atoms with Crippen molar-refractivity contribution >= 4 is 22.9 Å². The van der Waals surface area contributed by atoms with Crippen LogP contribution in [0.4, 0.5) is 10.6 Å². The van der Waals surface area contributed by atoms with E-state index in [0.29, 0.717) is 11.7 Å². The molecule has 1 saturated heterocycles. The van der Waals surface area contributed by atoms with Crippen molar-refractivity contribution in [3.05, 3.63) is 59.7 Å². The summed E-state index contributed by atoms with van der Waals surface area (Å²) in [4.78, 5) is 24.0. The van der Waals surface area contributed by atoms with Gasteiger partial charge < -0.3 is 10.1 Å². The summed E-state index contributed by atoms with van der Waals surface area (Å²) in [5.41, 5.74) is 3.81. The normalized spacial score (nSPS) is 15.1. The van der Waals surface area contributed by atoms with Crippen LogP contribution < -0.4 is 15.4 Å². The summed E-state index contributed by atoms with van der Waals surface area (Å²) in [5, 5.41) is 5.88. The maximum absolute atomic E-state index is 12.6. The van der Waals surface area contributed by atoms with E-state index in [-0.39, 0.29) is 12.1 Å². The molecule has 7 heteroatoms. The number of nitrogens with one attached hydrogen (secondary N) is 2. The van der Waals surface area contributed by atoms with Crippen LogP contribution >= 0.6 is 0 Å². The van der Waals surface area contributed by atoms with E-state index in [1.807, 2.05) is 31.2 Å². The third-order valence-electron chi connectivity index (χ3n) is 5.46. The molecule has 0 aliphatic carbocycles. The molecule has 1 aliphatic heterocycles. The molecule has 0 unspecified atom stereocenters. The van der Waals surface area contributed by atoms with Crippen LogP contribution in [-0.2, 0) is 6.54 Å². The van der Waals surface area contributed by atoms with Crippen LogP contribution in [0.3, 0.4) is 0 Å². The molecule has 2 N–H and O–H groups in total. The Labute approximate surface area is 176 Å². The number of carbonyl (C=O) groups excluding carboxylic acids is 1. The van der Waals surface area contributed by atoms with Gasteiger partial charge in [-0.05, 0) is 37.0 Å². The van der Waals surface area contributed by atoms with Gasteiger partial charge in [0, 0.05) is 25.7 Å². The average Bonchev–Trinajstić information content (AvgIpc) is 2.76. The zero-order valence-electron chi connectivity index (χ0n) is 17.4. The SMILES string of the molecule is COc1nc2cccc(C)c2nc1NC(=O)NC1CCN(Cc2ccccc2)CC1. The van der Waals surface area contributed by atoms with Gasteiger partial charge in [0.2, 0.25) is 0 Å². The Morgan fingerprint density at radius 1 is 1.10 bits per heavy atom. The Balaban J connectivity index is 1.34. The minimum Gasteiger partial charge on any atom is -0.478 e. The van der Waals surface area contributed by atoms with Gasteiger partial charge in [0.15, 0.2) is 5.82 Å². The quantitative estimate of drug-likeness (QED) is 0.676. The number of urea groups is 1. The van der Waals surface area contributed by atoms with Gasteiger partial charge >= 0.3 is 6.03 Å². The average molecular weight is 406 g/mol. The number of benzene rings is 2. The Hall–Kier alpha value is -3.19. The van der Waals surface area contributed by atoms with Gasteiger partial charge in [-0.15, -0.1) is 0 Å². The first-order valence-corrected chi connectivity index (χ1v) is 10.3. The van der Waals surface area contributed by atoms with Crippen molar-refractivity contribution in [2.45, 2.75) is 32.4 Å². The van der Waals surface area contributed by atoms with Crippen molar-refractivity contribution in [1.29, 1.82) is 0 Å². The second kappa shape index (κ2) is 9.09. The first kappa shape index (κ1) is 20.1. The largest absolute Gasteiger partial charge is 0.478 e. The molecule has 7 nitrogen and oxygen atoms in total. The van der Waals surface area contributed by atoms with Crippen molar-refractivity contribution in [3.63, 3.8) is 0 Å². The predicted octanol–water partition coefficient (Wildman–Crippen LogP) is 3.73. The Kier molecular flexibility index (Phi) is 6.09. The third-order valence-corrected chi connectivity index (χ3v) is 5.46. The highest BCUT2D eigenvalue weighted by Crippen LogP contribution is 2.25. The number of piperidine rings is 1. The highest BCUT2D eigenvalue weighted by molar-refractivity contribution is 5.91. The van der Waals surface area contributed by atoms with Gasteiger partial charge in [-0.25, -0.2) is 14.8 Å². The van der Waals surface area contributed by atoms with Crippen LogP contribution in [0.25, 0.3) is 11.0 Å². The fraction of sp³-hybridized carbons (Fsp3) is 0.348. The zero-order chi connectivity index (χ0) is 20.9. The van der Waals surface area contributed by atoms with Crippen LogP contribution in [0.15, 0.2) is 48.5 Å². The van der Waals surface area contributed by atoms with Crippen molar-refractivity contribution < 1.29 is 9.53 Å². The van der Waals surface area contributed by atoms with Crippen molar-refractivity contribution in [2.24, 2.45) is 0 Å². The number of likely N-dealkylation sites (tertiary alicyclic amines) is 1. The third kappa shape index (κ3) is 4.68. The summed E-state index contributed by atoms with van der Waals surface area (Å²) in [5.74, 6) is 0.638. The maximum Gasteiger partial charge on any atom is 0.320 e. The molecule has 2 aromatic carbocycles. The second-order valence-electron chi connectivity index (χ2n) is 7.66. The number of aryl methyl sites for hydroxylation is 1. The lowest BCUT2D eigenvalue weighted by molar-refractivity contribution is 0.190. The lowest BCUT2D eigenvalue weighted by Gasteiger charge is -2.32. The van der Waals surface area contributed by atoms with E-state index in [2.05, 4.69) is 49.8 Å². The summed E-state index contributed by atoms with van der Waals surface area (Å²) in [6.45, 7) is 4.83. The van der Waals surface area contributed by atoms with Crippen molar-refractivity contribution in [1.82, 2.24) is 20.2 Å². The number of methoxy groups -OCH3 is 1. The van der Waals surface area contributed by atoms with Gasteiger partial charge in [-0.2, -0.15) is 0 Å². The number of fused-ring (bicyclic) bond motifs is 1. The standard InChI is InChI=1S/C23H27N5O2/c1-16-7-6-10-19-20(16)26-21(22(25-19)30-2)27-23(29)24-18-11-13-28(14-12-18)15-17-8-4-3-5-9-17/h3-10,18H,11-15H2,1-2H3,(H2,24,26,27,29). The maximum atomic E-state index is 12.6. The highest BCUT2D eigenvalue weighted by Gasteiger charge is 2.22. The number of rotatable bonds is 5. The molecule has 0 spiro atoms. The number of hydrogen-bond donors (Lipinski definition) is 2. The molecular formula is C23H27N5O2. The molecule has 30 heavy (non-hydrogen) atoms. The summed E-state index contributed by atoms with van der Waals surface area (Å²) in [6, 6.07) is 16.1. The number of anilines is 1. The molecule has 0 bridgehead atoms. The Morgan fingerprint density at radius 3 is 2.60 bits per heavy atom. The van der Waals surface area contributed by atoms with E-state index >= 15 is 0 Å². The lowest BCUT2D eigenvalue weighted by atomic mass is 10.0. The first-order chi connectivity index (χ1) is 14.6. The minimum absolute atomic E-state index is 0.137. The van der Waals surface area contributed by atoms with Crippen LogP contribution in [0.2, 0.25) is 0 Å². The molecule has 2 amide bonds. The van der Waals surface area contributed by atoms with Gasteiger partial charge in [0.05, 0.1) is 18.1 Å². The summed E-state index contributed by atoms with van der Waals surface area (Å²) in [7, 11) is 1.52. The summed E-state index contributed by atoms with van der Waals surface area (Å²) in [6.07, 6.45) is 1.83. The predicted molar refractivity (Wildman–Crippen MR) is 118 cm³/mol. The van der Waals surface area contributed by atoms with Gasteiger partial charge in [0.25, 0.3) is 5.88 Å². The van der Waals surface area contributed by atoms with Gasteiger partial charge in [-0.3, -0.25) is 10.2 Å². The smallest absolute Gasteiger partial charge is 0.320 e. The van der Waals surface area contributed by atoms with Gasteiger partial charge in [-0.1, -0.05) is 42.5 Å². The molecule has 0 saturated carbocycles. The zero-order valence-corrected chi connectivity index (χ0v) is 17.4. The molecule has 0 atom stereocenters. The van der Waals surface area contributed by atoms with Crippen LogP contribution in [-0.4, -0.2) is 47.1 Å². The second-order valence-corrected chi connectivity index (χ2v) is 7.66. The fourth-order valence-electron chi connectivity index (χ4n) is 3.83. The van der Waals surface area contributed by atoms with Crippen molar-refractivity contribution in [2.75, 3.05) is 25.5 Å². The van der Waals surface area contributed by atoms with E-state index in [9.17, 15) is 4.79 Å². The van der Waals surface area contributed by atoms with Gasteiger partial charge in [0.1, 0.15) is 0 Å². The van der Waals surface area contributed by atoms with Crippen LogP contribution in [0.1, 0.15) is 24.0 Å². The van der Waals surface area contributed by atoms with E-state index in [1.165, 1.54) is 12.7 Å². The van der Waals surface area contributed by atoms with E-state index < -0.39 is 0 Å². The van der Waals surface area contributed by atoms with E-state index in [0.717, 1.165) is 49.1 Å². The number of hydrogen-bond acceptors (Lipinski definition) is 5. The molecular weight excluding hydrogens is 378 g/mol. The van der Waals surface area contributed by atoms with Crippen LogP contribution in [0.5, 0.6) is 5.88 Å². The number of ether oxygens (including phenoxy) is 1. The summed E-state index contributed by atoms with van der Waals surface area (Å²) < 4.78 is 5.33. The molecule has 1 aromatic heterocycles. The number of aromatic nitrogens is 2. The van der Waals surface area contributed by atoms with Crippen molar-refractivity contribution in [3.8, 4) is 5.88 Å². The fourth-order valence-corrected chi connectivity index (χ4v) is 3.83. The number of amides is 2. The summed E-state index contributed by atoms with van der Waals surface area (Å²) >= 11 is 0. The van der Waals surface area contributed by atoms with E-state index in [4.69, 9.17) is 4.74 Å². The highest BCUT2D eigenvalue weighted by atomic mass is 16.5. The molecule has 1 aliphatic rings. The Bertz CT molecular complexity index is 1020. The molecule has 3 aromatic rings. The number of nitrogens with zero attached hydrogens (tertiary/aromatic N) is 3. The lowest BCUT2D eigenvalue weighted by Crippen LogP contribution is -2.45. The topological polar surface area (TPSA) is 79.4 Å². The molecule has 4 rings (SSSR count). The monoisotopic (exact) mass is 405 g/mol. The van der Waals surface area contributed by atoms with Crippen LogP contribution in [0, 0.1) is 6.92 Å². The molecule has 156 valence electrons. The minimum atomic E-state index is -0.281. The molecule has 2 heterocycles. The van der Waals surface area contributed by atoms with E-state index in [1.54, 1.807) is 0 Å². The molecule has 1 fully saturated rings. The Morgan fingerprint density at radius 2 is 1.87 bits per heavy atom. The molecule has 0 radical (unpaired) electrons. The number of carbonyl (C=O) groups is 1.